The lowest BCUT2D eigenvalue weighted by molar-refractivity contribution is -0.131. The molecule has 1 atom stereocenters. The minimum Gasteiger partial charge on any atom is -0.481 e. The van der Waals surface area contributed by atoms with Crippen LogP contribution in [-0.4, -0.2) is 28.2 Å². The van der Waals surface area contributed by atoms with E-state index in [0.717, 1.165) is 35.8 Å². The second-order valence-electron chi connectivity index (χ2n) is 6.42. The maximum atomic E-state index is 11.9. The van der Waals surface area contributed by atoms with Crippen LogP contribution in [0.15, 0.2) is 42.6 Å². The number of carbonyl (C=O) groups excluding carboxylic acids is 1. The highest BCUT2D eigenvalue weighted by atomic mass is 16.5. The lowest BCUT2D eigenvalue weighted by atomic mass is 9.82. The SMILES string of the molecule is COc1ccc2c(Oc3ccc4c(c3)CCCC4C(=O)NO)ccnc2n1. The topological polar surface area (TPSA) is 93.6 Å². The molecule has 0 saturated heterocycles. The van der Waals surface area contributed by atoms with Crippen molar-refractivity contribution in [1.82, 2.24) is 15.4 Å². The normalized spacial score (nSPS) is 15.9. The number of nitrogens with one attached hydrogen (secondary N) is 1. The van der Waals surface area contributed by atoms with Gasteiger partial charge >= 0.3 is 0 Å². The van der Waals surface area contributed by atoms with Crippen molar-refractivity contribution in [1.29, 1.82) is 0 Å². The quantitative estimate of drug-likeness (QED) is 0.544. The fourth-order valence-corrected chi connectivity index (χ4v) is 3.52. The van der Waals surface area contributed by atoms with E-state index in [1.165, 1.54) is 0 Å². The summed E-state index contributed by atoms with van der Waals surface area (Å²) in [4.78, 5) is 20.5. The predicted molar refractivity (Wildman–Crippen MR) is 98.2 cm³/mol. The number of aryl methyl sites for hydroxylation is 1. The lowest BCUT2D eigenvalue weighted by Gasteiger charge is -2.24. The third-order valence-corrected chi connectivity index (χ3v) is 4.83. The Labute approximate surface area is 155 Å². The molecule has 0 fully saturated rings. The molecule has 1 aliphatic rings. The van der Waals surface area contributed by atoms with Crippen molar-refractivity contribution in [2.45, 2.75) is 25.2 Å². The second kappa shape index (κ2) is 7.20. The molecule has 2 aromatic heterocycles. The molecule has 7 heteroatoms. The van der Waals surface area contributed by atoms with E-state index < -0.39 is 0 Å². The van der Waals surface area contributed by atoms with Gasteiger partial charge < -0.3 is 9.47 Å². The maximum absolute atomic E-state index is 11.9. The molecule has 0 aliphatic heterocycles. The number of fused-ring (bicyclic) bond motifs is 2. The highest BCUT2D eigenvalue weighted by Crippen LogP contribution is 2.36. The van der Waals surface area contributed by atoms with Gasteiger partial charge in [0.2, 0.25) is 5.88 Å². The van der Waals surface area contributed by atoms with Gasteiger partial charge in [-0.2, -0.15) is 4.98 Å². The number of methoxy groups -OCH3 is 1. The van der Waals surface area contributed by atoms with Crippen molar-refractivity contribution >= 4 is 16.9 Å². The van der Waals surface area contributed by atoms with E-state index in [0.29, 0.717) is 23.0 Å². The number of amides is 1. The minimum absolute atomic E-state index is 0.328. The first-order valence-electron chi connectivity index (χ1n) is 8.74. The molecule has 1 amide bonds. The first-order chi connectivity index (χ1) is 13.2. The molecule has 2 N–H and O–H groups in total. The van der Waals surface area contributed by atoms with Crippen molar-refractivity contribution in [3.63, 3.8) is 0 Å². The zero-order valence-electron chi connectivity index (χ0n) is 14.8. The van der Waals surface area contributed by atoms with E-state index in [1.54, 1.807) is 30.9 Å². The molecule has 7 nitrogen and oxygen atoms in total. The summed E-state index contributed by atoms with van der Waals surface area (Å²) in [5.41, 5.74) is 4.31. The first kappa shape index (κ1) is 17.2. The standard InChI is InChI=1S/C20H19N3O4/c1-26-18-8-7-16-17(9-10-21-19(16)22-18)27-13-5-6-14-12(11-13)3-2-4-15(14)20(24)23-25/h5-11,15,25H,2-4H2,1H3,(H,23,24). The summed E-state index contributed by atoms with van der Waals surface area (Å²) >= 11 is 0. The fraction of sp³-hybridized carbons (Fsp3) is 0.250. The van der Waals surface area contributed by atoms with Gasteiger partial charge in [-0.3, -0.25) is 10.0 Å². The van der Waals surface area contributed by atoms with Crippen LogP contribution >= 0.6 is 0 Å². The monoisotopic (exact) mass is 365 g/mol. The number of carbonyl (C=O) groups is 1. The van der Waals surface area contributed by atoms with E-state index in [-0.39, 0.29) is 11.8 Å². The molecule has 2 heterocycles. The summed E-state index contributed by atoms with van der Waals surface area (Å²) in [7, 11) is 1.56. The van der Waals surface area contributed by atoms with Gasteiger partial charge in [-0.05, 0) is 54.7 Å². The molecule has 0 bridgehead atoms. The van der Waals surface area contributed by atoms with Crippen LogP contribution in [0.4, 0.5) is 0 Å². The molecule has 4 rings (SSSR count). The largest absolute Gasteiger partial charge is 0.481 e. The number of hydrogen-bond donors (Lipinski definition) is 2. The van der Waals surface area contributed by atoms with Crippen LogP contribution in [0.3, 0.4) is 0 Å². The minimum atomic E-state index is -0.371. The summed E-state index contributed by atoms with van der Waals surface area (Å²) in [5.74, 6) is 1.13. The number of hydroxylamine groups is 1. The van der Waals surface area contributed by atoms with E-state index in [1.807, 2.05) is 24.3 Å². The van der Waals surface area contributed by atoms with Gasteiger partial charge in [0, 0.05) is 12.3 Å². The Balaban J connectivity index is 1.66. The summed E-state index contributed by atoms with van der Waals surface area (Å²) in [6.07, 6.45) is 4.13. The Morgan fingerprint density at radius 1 is 1.26 bits per heavy atom. The van der Waals surface area contributed by atoms with E-state index >= 15 is 0 Å². The van der Waals surface area contributed by atoms with Crippen LogP contribution in [-0.2, 0) is 11.2 Å². The molecule has 138 valence electrons. The average Bonchev–Trinajstić information content (AvgIpc) is 2.72. The third-order valence-electron chi connectivity index (χ3n) is 4.83. The van der Waals surface area contributed by atoms with Crippen molar-refractivity contribution < 1.29 is 19.5 Å². The van der Waals surface area contributed by atoms with Gasteiger partial charge in [0.15, 0.2) is 5.65 Å². The van der Waals surface area contributed by atoms with Crippen LogP contribution in [0.1, 0.15) is 29.9 Å². The Hall–Kier alpha value is -3.19. The molecule has 3 aromatic rings. The smallest absolute Gasteiger partial charge is 0.250 e. The molecule has 1 unspecified atom stereocenters. The maximum Gasteiger partial charge on any atom is 0.250 e. The number of benzene rings is 1. The van der Waals surface area contributed by atoms with Gasteiger partial charge in [0.1, 0.15) is 11.5 Å². The van der Waals surface area contributed by atoms with Crippen molar-refractivity contribution in [3.8, 4) is 17.4 Å². The highest BCUT2D eigenvalue weighted by molar-refractivity contribution is 5.84. The summed E-state index contributed by atoms with van der Waals surface area (Å²) < 4.78 is 11.2. The molecule has 1 aliphatic carbocycles. The molecule has 0 spiro atoms. The summed E-state index contributed by atoms with van der Waals surface area (Å²) in [6.45, 7) is 0. The Morgan fingerprint density at radius 3 is 2.96 bits per heavy atom. The molecule has 1 aromatic carbocycles. The number of hydrogen-bond acceptors (Lipinski definition) is 6. The molecular formula is C20H19N3O4. The van der Waals surface area contributed by atoms with Gasteiger partial charge in [-0.15, -0.1) is 0 Å². The van der Waals surface area contributed by atoms with Crippen LogP contribution in [0, 0.1) is 0 Å². The number of rotatable bonds is 4. The van der Waals surface area contributed by atoms with Crippen molar-refractivity contribution in [3.05, 3.63) is 53.7 Å². The van der Waals surface area contributed by atoms with Gasteiger partial charge in [-0.1, -0.05) is 6.07 Å². The summed E-state index contributed by atoms with van der Waals surface area (Å²) in [6, 6.07) is 11.1. The van der Waals surface area contributed by atoms with Crippen LogP contribution in [0.25, 0.3) is 11.0 Å². The third kappa shape index (κ3) is 3.29. The highest BCUT2D eigenvalue weighted by Gasteiger charge is 2.26. The van der Waals surface area contributed by atoms with Crippen LogP contribution in [0.5, 0.6) is 17.4 Å². The number of pyridine rings is 2. The van der Waals surface area contributed by atoms with E-state index in [9.17, 15) is 4.79 Å². The molecular weight excluding hydrogens is 346 g/mol. The van der Waals surface area contributed by atoms with E-state index in [2.05, 4.69) is 9.97 Å². The number of ether oxygens (including phenoxy) is 2. The lowest BCUT2D eigenvalue weighted by Crippen LogP contribution is -2.28. The van der Waals surface area contributed by atoms with Crippen molar-refractivity contribution in [2.75, 3.05) is 7.11 Å². The second-order valence-corrected chi connectivity index (χ2v) is 6.42. The fourth-order valence-electron chi connectivity index (χ4n) is 3.52. The molecule has 0 saturated carbocycles. The Morgan fingerprint density at radius 2 is 2.15 bits per heavy atom. The average molecular weight is 365 g/mol. The van der Waals surface area contributed by atoms with Gasteiger partial charge in [-0.25, -0.2) is 10.5 Å². The summed E-state index contributed by atoms with van der Waals surface area (Å²) in [5, 5.41) is 9.74. The Bertz CT molecular complexity index is 1010. The van der Waals surface area contributed by atoms with Crippen LogP contribution < -0.4 is 15.0 Å². The number of aromatic nitrogens is 2. The zero-order valence-corrected chi connectivity index (χ0v) is 14.8. The molecule has 0 radical (unpaired) electrons. The van der Waals surface area contributed by atoms with E-state index in [4.69, 9.17) is 14.7 Å². The van der Waals surface area contributed by atoms with Crippen molar-refractivity contribution in [2.24, 2.45) is 0 Å². The number of nitrogens with zero attached hydrogens (tertiary/aromatic N) is 2. The Kier molecular flexibility index (Phi) is 4.60. The zero-order chi connectivity index (χ0) is 18.8. The first-order valence-corrected chi connectivity index (χ1v) is 8.74. The van der Waals surface area contributed by atoms with Crippen LogP contribution in [0.2, 0.25) is 0 Å². The van der Waals surface area contributed by atoms with Gasteiger partial charge in [0.25, 0.3) is 5.91 Å². The molecule has 27 heavy (non-hydrogen) atoms. The predicted octanol–water partition coefficient (Wildman–Crippen LogP) is 3.36. The van der Waals surface area contributed by atoms with Gasteiger partial charge in [0.05, 0.1) is 18.4 Å².